The Morgan fingerprint density at radius 2 is 0.933 bits per heavy atom. The van der Waals surface area contributed by atoms with E-state index in [0.717, 1.165) is 5.69 Å². The molecule has 10 aromatic rings. The predicted molar refractivity (Wildman–Crippen MR) is 193 cm³/mol. The van der Waals surface area contributed by atoms with Crippen molar-refractivity contribution in [1.82, 2.24) is 9.13 Å². The molecule has 3 heteroatoms. The summed E-state index contributed by atoms with van der Waals surface area (Å²) in [5.41, 5.74) is 9.77. The van der Waals surface area contributed by atoms with E-state index in [2.05, 4.69) is 167 Å². The van der Waals surface area contributed by atoms with E-state index in [-0.39, 0.29) is 0 Å². The number of aromatic nitrogens is 2. The summed E-state index contributed by atoms with van der Waals surface area (Å²) in [6.45, 7) is 0. The minimum Gasteiger partial charge on any atom is -0.309 e. The van der Waals surface area contributed by atoms with Crippen molar-refractivity contribution in [2.75, 3.05) is 0 Å². The number of para-hydroxylation sites is 3. The summed E-state index contributed by atoms with van der Waals surface area (Å²) >= 11 is 1.88. The SMILES string of the molecule is c1ccc(-c2cccc3sc4cccc(-n5c6ccccc6c6ccc(-n7c8ccccc8c8ccccc87)cc65)c4c23)cc1. The van der Waals surface area contributed by atoms with E-state index in [1.807, 2.05) is 11.3 Å². The van der Waals surface area contributed by atoms with Crippen molar-refractivity contribution in [2.24, 2.45) is 0 Å². The monoisotopic (exact) mass is 590 g/mol. The van der Waals surface area contributed by atoms with Gasteiger partial charge in [0.25, 0.3) is 0 Å². The average molecular weight is 591 g/mol. The number of fused-ring (bicyclic) bond motifs is 9. The number of hydrogen-bond donors (Lipinski definition) is 0. The van der Waals surface area contributed by atoms with Gasteiger partial charge >= 0.3 is 0 Å². The molecule has 0 saturated heterocycles. The Kier molecular flexibility index (Phi) is 5.19. The average Bonchev–Trinajstić information content (AvgIpc) is 3.76. The van der Waals surface area contributed by atoms with Gasteiger partial charge in [-0.05, 0) is 59.7 Å². The smallest absolute Gasteiger partial charge is 0.0562 e. The number of hydrogen-bond acceptors (Lipinski definition) is 1. The Hall–Kier alpha value is -5.64. The number of thiophene rings is 1. The molecule has 0 aliphatic carbocycles. The molecule has 0 atom stereocenters. The number of nitrogens with zero attached hydrogens (tertiary/aromatic N) is 2. The largest absolute Gasteiger partial charge is 0.309 e. The Morgan fingerprint density at radius 1 is 0.378 bits per heavy atom. The van der Waals surface area contributed by atoms with Crippen molar-refractivity contribution in [3.8, 4) is 22.5 Å². The van der Waals surface area contributed by atoms with Gasteiger partial charge in [-0.3, -0.25) is 0 Å². The van der Waals surface area contributed by atoms with E-state index in [4.69, 9.17) is 0 Å². The molecule has 3 heterocycles. The van der Waals surface area contributed by atoms with Crippen LogP contribution in [0.25, 0.3) is 86.3 Å². The summed E-state index contributed by atoms with van der Waals surface area (Å²) in [5, 5.41) is 7.70. The Labute approximate surface area is 263 Å². The molecule has 0 radical (unpaired) electrons. The fourth-order valence-electron chi connectivity index (χ4n) is 7.45. The van der Waals surface area contributed by atoms with Crippen LogP contribution in [0.15, 0.2) is 158 Å². The maximum absolute atomic E-state index is 2.50. The second-order valence-corrected chi connectivity index (χ2v) is 12.8. The summed E-state index contributed by atoms with van der Waals surface area (Å²) in [5.74, 6) is 0. The fourth-order valence-corrected chi connectivity index (χ4v) is 8.60. The highest BCUT2D eigenvalue weighted by Gasteiger charge is 2.20. The lowest BCUT2D eigenvalue weighted by Gasteiger charge is -2.13. The molecule has 3 aromatic heterocycles. The summed E-state index contributed by atoms with van der Waals surface area (Å²) in [4.78, 5) is 0. The minimum atomic E-state index is 1.16. The minimum absolute atomic E-state index is 1.16. The van der Waals surface area contributed by atoms with Crippen molar-refractivity contribution >= 4 is 75.1 Å². The normalized spacial score (nSPS) is 12.0. The summed E-state index contributed by atoms with van der Waals surface area (Å²) in [6, 6.07) is 57.6. The number of benzene rings is 7. The van der Waals surface area contributed by atoms with Gasteiger partial charge in [0, 0.05) is 47.4 Å². The molecule has 0 unspecified atom stereocenters. The van der Waals surface area contributed by atoms with Crippen molar-refractivity contribution in [3.05, 3.63) is 158 Å². The van der Waals surface area contributed by atoms with Crippen LogP contribution in [-0.4, -0.2) is 9.13 Å². The zero-order valence-electron chi connectivity index (χ0n) is 24.3. The van der Waals surface area contributed by atoms with Crippen molar-refractivity contribution in [1.29, 1.82) is 0 Å². The highest BCUT2D eigenvalue weighted by atomic mass is 32.1. The molecule has 10 rings (SSSR count). The van der Waals surface area contributed by atoms with Crippen LogP contribution in [0.3, 0.4) is 0 Å². The third-order valence-corrected chi connectivity index (χ3v) is 10.4. The van der Waals surface area contributed by atoms with E-state index in [9.17, 15) is 0 Å². The fraction of sp³-hybridized carbons (Fsp3) is 0. The molecular weight excluding hydrogens is 565 g/mol. The second kappa shape index (κ2) is 9.43. The lowest BCUT2D eigenvalue weighted by atomic mass is 9.99. The lowest BCUT2D eigenvalue weighted by Crippen LogP contribution is -1.97. The van der Waals surface area contributed by atoms with Gasteiger partial charge in [0.15, 0.2) is 0 Å². The first-order chi connectivity index (χ1) is 22.3. The van der Waals surface area contributed by atoms with E-state index in [0.29, 0.717) is 0 Å². The summed E-state index contributed by atoms with van der Waals surface area (Å²) in [7, 11) is 0. The highest BCUT2D eigenvalue weighted by molar-refractivity contribution is 7.26. The van der Waals surface area contributed by atoms with Crippen LogP contribution in [0.4, 0.5) is 0 Å². The van der Waals surface area contributed by atoms with Gasteiger partial charge in [0.05, 0.1) is 27.8 Å². The van der Waals surface area contributed by atoms with E-state index < -0.39 is 0 Å². The van der Waals surface area contributed by atoms with Gasteiger partial charge in [-0.1, -0.05) is 109 Å². The van der Waals surface area contributed by atoms with E-state index in [1.54, 1.807) is 0 Å². The topological polar surface area (TPSA) is 9.86 Å². The Morgan fingerprint density at radius 3 is 1.62 bits per heavy atom. The maximum atomic E-state index is 2.50. The molecule has 45 heavy (non-hydrogen) atoms. The first-order valence-corrected chi connectivity index (χ1v) is 16.2. The van der Waals surface area contributed by atoms with Gasteiger partial charge in [-0.2, -0.15) is 0 Å². The molecule has 0 fully saturated rings. The number of rotatable bonds is 3. The lowest BCUT2D eigenvalue weighted by molar-refractivity contribution is 1.16. The van der Waals surface area contributed by atoms with Crippen LogP contribution in [0.1, 0.15) is 0 Å². The molecule has 0 aliphatic rings. The quantitative estimate of drug-likeness (QED) is 0.194. The second-order valence-electron chi connectivity index (χ2n) is 11.7. The van der Waals surface area contributed by atoms with Crippen molar-refractivity contribution in [2.45, 2.75) is 0 Å². The van der Waals surface area contributed by atoms with Gasteiger partial charge in [-0.25, -0.2) is 0 Å². The molecule has 0 aliphatic heterocycles. The van der Waals surface area contributed by atoms with Crippen molar-refractivity contribution in [3.63, 3.8) is 0 Å². The van der Waals surface area contributed by atoms with Crippen LogP contribution in [0.5, 0.6) is 0 Å². The first kappa shape index (κ1) is 24.8. The van der Waals surface area contributed by atoms with Crippen LogP contribution < -0.4 is 0 Å². The molecule has 0 saturated carbocycles. The third-order valence-electron chi connectivity index (χ3n) is 9.32. The Bertz CT molecular complexity index is 2710. The molecule has 0 spiro atoms. The summed E-state index contributed by atoms with van der Waals surface area (Å²) in [6.07, 6.45) is 0. The van der Waals surface area contributed by atoms with Gasteiger partial charge in [0.2, 0.25) is 0 Å². The maximum Gasteiger partial charge on any atom is 0.0562 e. The van der Waals surface area contributed by atoms with Gasteiger partial charge in [0.1, 0.15) is 0 Å². The zero-order valence-corrected chi connectivity index (χ0v) is 25.1. The Balaban J connectivity index is 1.34. The molecule has 0 amide bonds. The van der Waals surface area contributed by atoms with Gasteiger partial charge < -0.3 is 9.13 Å². The van der Waals surface area contributed by atoms with Crippen LogP contribution in [0, 0.1) is 0 Å². The molecule has 0 N–H and O–H groups in total. The first-order valence-electron chi connectivity index (χ1n) is 15.4. The zero-order chi connectivity index (χ0) is 29.5. The highest BCUT2D eigenvalue weighted by Crippen LogP contribution is 2.45. The van der Waals surface area contributed by atoms with Crippen molar-refractivity contribution < 1.29 is 0 Å². The van der Waals surface area contributed by atoms with Crippen LogP contribution in [0.2, 0.25) is 0 Å². The molecule has 7 aromatic carbocycles. The molecule has 210 valence electrons. The molecule has 0 bridgehead atoms. The van der Waals surface area contributed by atoms with E-state index in [1.165, 1.54) is 80.6 Å². The molecule has 2 nitrogen and oxygen atoms in total. The standard InChI is InChI=1S/C42H26N2S/c1-2-12-27(13-3-1)29-17-10-22-39-41(29)42-37(21-11-23-40(42)45-39)44-36-20-9-6-16-32(36)33-25-24-28(26-38(33)44)43-34-18-7-4-14-30(34)31-15-5-8-19-35(31)43/h1-26H. The molecular formula is C42H26N2S. The summed E-state index contributed by atoms with van der Waals surface area (Å²) < 4.78 is 7.53. The van der Waals surface area contributed by atoms with E-state index >= 15 is 0 Å². The predicted octanol–water partition coefficient (Wildman–Crippen LogP) is 11.9. The van der Waals surface area contributed by atoms with Crippen LogP contribution in [-0.2, 0) is 0 Å². The van der Waals surface area contributed by atoms with Gasteiger partial charge in [-0.15, -0.1) is 11.3 Å². The van der Waals surface area contributed by atoms with Crippen LogP contribution >= 0.6 is 11.3 Å². The third kappa shape index (κ3) is 3.50.